The maximum atomic E-state index is 11.7. The number of likely N-dealkylation sites (tertiary alicyclic amines) is 1. The van der Waals surface area contributed by atoms with Crippen LogP contribution in [0.5, 0.6) is 0 Å². The highest BCUT2D eigenvalue weighted by atomic mass is 35.5. The fourth-order valence-corrected chi connectivity index (χ4v) is 3.08. The molecule has 1 aliphatic heterocycles. The molecule has 3 rings (SSSR count). The Hall–Kier alpha value is -1.05. The van der Waals surface area contributed by atoms with Crippen LogP contribution >= 0.6 is 23.7 Å². The minimum absolute atomic E-state index is 0. The maximum Gasteiger partial charge on any atom is 0.315 e. The van der Waals surface area contributed by atoms with E-state index in [1.54, 1.807) is 0 Å². The third kappa shape index (κ3) is 4.22. The number of aromatic nitrogens is 1. The van der Waals surface area contributed by atoms with Gasteiger partial charge in [0.25, 0.3) is 0 Å². The standard InChI is InChI=1S/C12H19N5OS.ClH/c13-11-14-5-10(19-11)7-17-4-3-9(6-17)16-12(18)15-8-1-2-8;/h5,8-9H,1-4,6-7H2,(H2,13,14)(H2,15,16,18);1H. The molecule has 112 valence electrons. The first-order valence-electron chi connectivity index (χ1n) is 6.68. The second kappa shape index (κ2) is 6.60. The van der Waals surface area contributed by atoms with E-state index < -0.39 is 0 Å². The van der Waals surface area contributed by atoms with Crippen LogP contribution in [-0.2, 0) is 6.54 Å². The van der Waals surface area contributed by atoms with Gasteiger partial charge < -0.3 is 16.4 Å². The van der Waals surface area contributed by atoms with Crippen molar-refractivity contribution >= 4 is 34.9 Å². The van der Waals surface area contributed by atoms with Gasteiger partial charge >= 0.3 is 6.03 Å². The summed E-state index contributed by atoms with van der Waals surface area (Å²) in [4.78, 5) is 19.2. The van der Waals surface area contributed by atoms with Gasteiger partial charge in [-0.05, 0) is 19.3 Å². The summed E-state index contributed by atoms with van der Waals surface area (Å²) < 4.78 is 0. The van der Waals surface area contributed by atoms with E-state index in [9.17, 15) is 4.79 Å². The molecule has 8 heteroatoms. The Labute approximate surface area is 128 Å². The van der Waals surface area contributed by atoms with Gasteiger partial charge in [0.2, 0.25) is 0 Å². The van der Waals surface area contributed by atoms with Gasteiger partial charge in [0.1, 0.15) is 0 Å². The van der Waals surface area contributed by atoms with Crippen LogP contribution in [0.25, 0.3) is 0 Å². The minimum atomic E-state index is -0.0172. The Morgan fingerprint density at radius 1 is 1.40 bits per heavy atom. The van der Waals surface area contributed by atoms with Gasteiger partial charge in [-0.2, -0.15) is 0 Å². The van der Waals surface area contributed by atoms with Gasteiger partial charge in [-0.1, -0.05) is 0 Å². The first kappa shape index (κ1) is 15.3. The number of rotatable bonds is 4. The molecule has 2 fully saturated rings. The molecule has 1 unspecified atom stereocenters. The van der Waals surface area contributed by atoms with Crippen LogP contribution in [-0.4, -0.2) is 41.1 Å². The van der Waals surface area contributed by atoms with Crippen molar-refractivity contribution in [3.8, 4) is 0 Å². The summed E-state index contributed by atoms with van der Waals surface area (Å²) in [5.41, 5.74) is 5.62. The summed E-state index contributed by atoms with van der Waals surface area (Å²) in [5.74, 6) is 0. The van der Waals surface area contributed by atoms with Gasteiger partial charge in [-0.25, -0.2) is 9.78 Å². The van der Waals surface area contributed by atoms with Crippen LogP contribution in [0.1, 0.15) is 24.1 Å². The van der Waals surface area contributed by atoms with E-state index in [0.29, 0.717) is 11.2 Å². The smallest absolute Gasteiger partial charge is 0.315 e. The lowest BCUT2D eigenvalue weighted by atomic mass is 10.3. The van der Waals surface area contributed by atoms with Gasteiger partial charge in [-0.3, -0.25) is 4.90 Å². The van der Waals surface area contributed by atoms with Gasteiger partial charge in [0.15, 0.2) is 5.13 Å². The number of nitrogens with one attached hydrogen (secondary N) is 2. The number of thiazole rings is 1. The molecule has 1 saturated carbocycles. The Morgan fingerprint density at radius 3 is 2.80 bits per heavy atom. The normalized spacial score (nSPS) is 22.3. The summed E-state index contributed by atoms with van der Waals surface area (Å²) in [6.45, 7) is 2.78. The third-order valence-corrected chi connectivity index (χ3v) is 4.28. The summed E-state index contributed by atoms with van der Waals surface area (Å²) in [6.07, 6.45) is 5.08. The van der Waals surface area contributed by atoms with E-state index in [1.165, 1.54) is 16.2 Å². The number of hydrogen-bond acceptors (Lipinski definition) is 5. The number of nitrogen functional groups attached to an aromatic ring is 1. The van der Waals surface area contributed by atoms with Crippen LogP contribution in [0.3, 0.4) is 0 Å². The lowest BCUT2D eigenvalue weighted by Gasteiger charge is -2.16. The van der Waals surface area contributed by atoms with E-state index in [-0.39, 0.29) is 24.5 Å². The van der Waals surface area contributed by atoms with Crippen molar-refractivity contribution in [3.05, 3.63) is 11.1 Å². The molecule has 1 aromatic rings. The van der Waals surface area contributed by atoms with Crippen LogP contribution < -0.4 is 16.4 Å². The average Bonchev–Trinajstić information content (AvgIpc) is 2.90. The molecule has 1 saturated heterocycles. The average molecular weight is 318 g/mol. The number of hydrogen-bond donors (Lipinski definition) is 3. The zero-order valence-corrected chi connectivity index (χ0v) is 12.8. The molecule has 1 atom stereocenters. The molecule has 1 aliphatic carbocycles. The van der Waals surface area contributed by atoms with Crippen molar-refractivity contribution in [1.29, 1.82) is 0 Å². The van der Waals surface area contributed by atoms with Crippen LogP contribution in [0, 0.1) is 0 Å². The first-order chi connectivity index (χ1) is 9.19. The molecular weight excluding hydrogens is 298 g/mol. The molecule has 0 bridgehead atoms. The second-order valence-corrected chi connectivity index (χ2v) is 6.42. The van der Waals surface area contributed by atoms with Crippen molar-refractivity contribution in [2.24, 2.45) is 0 Å². The largest absolute Gasteiger partial charge is 0.375 e. The zero-order valence-electron chi connectivity index (χ0n) is 11.2. The molecule has 20 heavy (non-hydrogen) atoms. The summed E-state index contributed by atoms with van der Waals surface area (Å²) in [5, 5.41) is 6.62. The lowest BCUT2D eigenvalue weighted by molar-refractivity contribution is 0.235. The second-order valence-electron chi connectivity index (χ2n) is 5.28. The highest BCUT2D eigenvalue weighted by Crippen LogP contribution is 2.20. The fraction of sp³-hybridized carbons (Fsp3) is 0.667. The minimum Gasteiger partial charge on any atom is -0.375 e. The molecule has 0 aromatic carbocycles. The Kier molecular flexibility index (Phi) is 5.06. The van der Waals surface area contributed by atoms with E-state index in [2.05, 4.69) is 20.5 Å². The molecule has 0 radical (unpaired) electrons. The van der Waals surface area contributed by atoms with Gasteiger partial charge in [0.05, 0.1) is 0 Å². The Bertz CT molecular complexity index is 464. The number of nitrogens with zero attached hydrogens (tertiary/aromatic N) is 2. The topological polar surface area (TPSA) is 83.3 Å². The van der Waals surface area contributed by atoms with E-state index in [1.807, 2.05) is 6.20 Å². The quantitative estimate of drug-likeness (QED) is 0.779. The molecular formula is C12H20ClN5OS. The SMILES string of the molecule is Cl.Nc1ncc(CN2CCC(NC(=O)NC3CC3)C2)s1. The maximum absolute atomic E-state index is 11.7. The number of nitrogens with two attached hydrogens (primary N) is 1. The van der Waals surface area contributed by atoms with Crippen molar-refractivity contribution < 1.29 is 4.79 Å². The zero-order chi connectivity index (χ0) is 13.2. The monoisotopic (exact) mass is 317 g/mol. The molecule has 4 N–H and O–H groups in total. The molecule has 0 spiro atoms. The van der Waals surface area contributed by atoms with Crippen molar-refractivity contribution in [2.45, 2.75) is 37.9 Å². The molecule has 2 amide bonds. The van der Waals surface area contributed by atoms with Crippen LogP contribution in [0.2, 0.25) is 0 Å². The van der Waals surface area contributed by atoms with Crippen LogP contribution in [0.15, 0.2) is 6.20 Å². The van der Waals surface area contributed by atoms with Crippen molar-refractivity contribution in [1.82, 2.24) is 20.5 Å². The number of amides is 2. The van der Waals surface area contributed by atoms with E-state index in [4.69, 9.17) is 5.73 Å². The number of carbonyl (C=O) groups is 1. The number of carbonyl (C=O) groups excluding carboxylic acids is 1. The van der Waals surface area contributed by atoms with Crippen molar-refractivity contribution in [2.75, 3.05) is 18.8 Å². The fourth-order valence-electron chi connectivity index (χ4n) is 2.35. The van der Waals surface area contributed by atoms with Crippen molar-refractivity contribution in [3.63, 3.8) is 0 Å². The highest BCUT2D eigenvalue weighted by Gasteiger charge is 2.27. The number of anilines is 1. The number of urea groups is 1. The molecule has 2 heterocycles. The molecule has 2 aliphatic rings. The number of halogens is 1. The van der Waals surface area contributed by atoms with E-state index >= 15 is 0 Å². The molecule has 6 nitrogen and oxygen atoms in total. The Morgan fingerprint density at radius 2 is 2.15 bits per heavy atom. The third-order valence-electron chi connectivity index (χ3n) is 3.47. The molecule has 1 aromatic heterocycles. The highest BCUT2D eigenvalue weighted by molar-refractivity contribution is 7.15. The van der Waals surface area contributed by atoms with Gasteiger partial charge in [0, 0.05) is 42.8 Å². The van der Waals surface area contributed by atoms with Gasteiger partial charge in [-0.15, -0.1) is 23.7 Å². The lowest BCUT2D eigenvalue weighted by Crippen LogP contribution is -2.44. The van der Waals surface area contributed by atoms with Crippen LogP contribution in [0.4, 0.5) is 9.93 Å². The summed E-state index contributed by atoms with van der Waals surface area (Å²) in [7, 11) is 0. The van der Waals surface area contributed by atoms with E-state index in [0.717, 1.165) is 38.9 Å². The summed E-state index contributed by atoms with van der Waals surface area (Å²) >= 11 is 1.53. The first-order valence-corrected chi connectivity index (χ1v) is 7.50. The predicted octanol–water partition coefficient (Wildman–Crippen LogP) is 1.18. The predicted molar refractivity (Wildman–Crippen MR) is 82.1 cm³/mol. The Balaban J connectivity index is 0.00000147. The summed E-state index contributed by atoms with van der Waals surface area (Å²) in [6, 6.07) is 0.651.